The molecule has 4 atom stereocenters. The van der Waals surface area contributed by atoms with Crippen LogP contribution in [-0.4, -0.2) is 11.8 Å². The Kier molecular flexibility index (Phi) is 5.87. The van der Waals surface area contributed by atoms with E-state index in [4.69, 9.17) is 0 Å². The molecule has 6 rings (SSSR count). The van der Waals surface area contributed by atoms with Crippen molar-refractivity contribution in [1.29, 1.82) is 0 Å². The number of carbonyl (C=O) groups is 2. The first-order valence-electron chi connectivity index (χ1n) is 15.0. The topological polar surface area (TPSA) is 58.2 Å². The van der Waals surface area contributed by atoms with Crippen molar-refractivity contribution >= 4 is 23.2 Å². The molecular weight excluding hydrogens is 492 g/mol. The Morgan fingerprint density at radius 2 is 1.07 bits per heavy atom. The van der Waals surface area contributed by atoms with Crippen LogP contribution in [0.25, 0.3) is 11.1 Å². The Labute approximate surface area is 239 Å². The van der Waals surface area contributed by atoms with Crippen molar-refractivity contribution in [2.24, 2.45) is 33.5 Å². The van der Waals surface area contributed by atoms with E-state index < -0.39 is 10.8 Å². The Morgan fingerprint density at radius 3 is 1.38 bits per heavy atom. The number of fused-ring (bicyclic) bond motifs is 4. The first-order valence-corrected chi connectivity index (χ1v) is 15.0. The second-order valence-corrected chi connectivity index (χ2v) is 14.4. The van der Waals surface area contributed by atoms with E-state index in [1.807, 2.05) is 26.0 Å². The standard InChI is InChI=1S/C36H44N2O2/c1-21-17-25(9-11-29(21)37-31(39)35-15-13-27(19-35)33(5,6)23(35)3)26-10-12-30(22(2)18-26)38-32(40)36-16-14-28(20-36)34(7,8)24(36)4/h9-12,17-18,27-28H,3-4,13-16,19-20H2,1-2,5-8H3,(H,37,39)(H,38,40)/t27-,28-,35-,36-/m0/s1. The summed E-state index contributed by atoms with van der Waals surface area (Å²) in [6.07, 6.45) is 5.83. The van der Waals surface area contributed by atoms with Crippen molar-refractivity contribution in [3.05, 3.63) is 71.8 Å². The van der Waals surface area contributed by atoms with Gasteiger partial charge < -0.3 is 10.6 Å². The summed E-state index contributed by atoms with van der Waals surface area (Å²) in [5.74, 6) is 1.28. The van der Waals surface area contributed by atoms with Crippen LogP contribution in [0.3, 0.4) is 0 Å². The summed E-state index contributed by atoms with van der Waals surface area (Å²) in [7, 11) is 0. The van der Waals surface area contributed by atoms with E-state index >= 15 is 0 Å². The number of nitrogens with one attached hydrogen (secondary N) is 2. The largest absolute Gasteiger partial charge is 0.325 e. The SMILES string of the molecule is C=C1C(C)(C)[C@H]2CC[C@]1(C(=O)Nc1ccc(-c3ccc(NC(=O)[C@@]45CC[C@@H](C4)C(C)(C)C5=C)c(C)c3)cc1C)C2. The molecule has 0 spiro atoms. The lowest BCUT2D eigenvalue weighted by molar-refractivity contribution is -0.124. The molecule has 0 heterocycles. The molecule has 4 heteroatoms. The van der Waals surface area contributed by atoms with Crippen LogP contribution in [0.1, 0.15) is 77.3 Å². The van der Waals surface area contributed by atoms with Crippen molar-refractivity contribution in [1.82, 2.24) is 0 Å². The lowest BCUT2D eigenvalue weighted by Crippen LogP contribution is -2.37. The van der Waals surface area contributed by atoms with Gasteiger partial charge in [-0.15, -0.1) is 0 Å². The molecule has 2 N–H and O–H groups in total. The first kappa shape index (κ1) is 27.1. The van der Waals surface area contributed by atoms with Crippen LogP contribution >= 0.6 is 0 Å². The molecule has 4 aliphatic carbocycles. The van der Waals surface area contributed by atoms with Gasteiger partial charge in [0, 0.05) is 11.4 Å². The number of amides is 2. The summed E-state index contributed by atoms with van der Waals surface area (Å²) >= 11 is 0. The summed E-state index contributed by atoms with van der Waals surface area (Å²) in [4.78, 5) is 27.1. The molecule has 0 radical (unpaired) electrons. The van der Waals surface area contributed by atoms with Crippen LogP contribution in [0.15, 0.2) is 60.7 Å². The zero-order valence-corrected chi connectivity index (χ0v) is 25.1. The average molecular weight is 537 g/mol. The lowest BCUT2D eigenvalue weighted by Gasteiger charge is -2.37. The summed E-state index contributed by atoms with van der Waals surface area (Å²) in [5.41, 5.74) is 7.34. The van der Waals surface area contributed by atoms with Crippen LogP contribution in [0.4, 0.5) is 11.4 Å². The molecule has 0 aliphatic heterocycles. The minimum atomic E-state index is -0.434. The lowest BCUT2D eigenvalue weighted by atomic mass is 9.68. The molecule has 4 saturated carbocycles. The van der Waals surface area contributed by atoms with Crippen LogP contribution < -0.4 is 10.6 Å². The third-order valence-corrected chi connectivity index (χ3v) is 11.9. The summed E-state index contributed by atoms with van der Waals surface area (Å²) in [6.45, 7) is 21.8. The molecule has 0 unspecified atom stereocenters. The Morgan fingerprint density at radius 1 is 0.700 bits per heavy atom. The third-order valence-electron chi connectivity index (χ3n) is 11.9. The van der Waals surface area contributed by atoms with Gasteiger partial charge in [0.2, 0.25) is 11.8 Å². The van der Waals surface area contributed by atoms with Gasteiger partial charge in [-0.25, -0.2) is 0 Å². The normalized spacial score (nSPS) is 31.1. The molecule has 40 heavy (non-hydrogen) atoms. The van der Waals surface area contributed by atoms with Crippen LogP contribution in [0.2, 0.25) is 0 Å². The fourth-order valence-electron chi connectivity index (χ4n) is 8.73. The van der Waals surface area contributed by atoms with Crippen LogP contribution in [0, 0.1) is 47.3 Å². The van der Waals surface area contributed by atoms with Gasteiger partial charge in [-0.2, -0.15) is 0 Å². The van der Waals surface area contributed by atoms with E-state index in [-0.39, 0.29) is 22.6 Å². The summed E-state index contributed by atoms with van der Waals surface area (Å²) < 4.78 is 0. The highest BCUT2D eigenvalue weighted by Crippen LogP contribution is 2.66. The van der Waals surface area contributed by atoms with Gasteiger partial charge in [0.05, 0.1) is 10.8 Å². The van der Waals surface area contributed by atoms with Crippen molar-refractivity contribution in [2.75, 3.05) is 10.6 Å². The second-order valence-electron chi connectivity index (χ2n) is 14.4. The number of hydrogen-bond donors (Lipinski definition) is 2. The minimum Gasteiger partial charge on any atom is -0.325 e. The maximum absolute atomic E-state index is 13.6. The van der Waals surface area contributed by atoms with E-state index in [1.54, 1.807) is 0 Å². The molecule has 4 bridgehead atoms. The fraction of sp³-hybridized carbons (Fsp3) is 0.500. The number of aryl methyl sites for hydroxylation is 2. The second kappa shape index (κ2) is 8.68. The molecule has 210 valence electrons. The Bertz CT molecular complexity index is 1370. The zero-order chi connectivity index (χ0) is 28.8. The maximum atomic E-state index is 13.6. The van der Waals surface area contributed by atoms with Crippen molar-refractivity contribution in [3.8, 4) is 11.1 Å². The molecule has 2 aromatic carbocycles. The molecular formula is C36H44N2O2. The highest BCUT2D eigenvalue weighted by molar-refractivity contribution is 6.00. The third kappa shape index (κ3) is 3.63. The Hall–Kier alpha value is -3.14. The number of rotatable bonds is 5. The smallest absolute Gasteiger partial charge is 0.234 e. The maximum Gasteiger partial charge on any atom is 0.234 e. The van der Waals surface area contributed by atoms with E-state index in [9.17, 15) is 9.59 Å². The number of anilines is 2. The van der Waals surface area contributed by atoms with Crippen molar-refractivity contribution in [2.45, 2.75) is 80.1 Å². The predicted octanol–water partition coefficient (Wildman–Crippen LogP) is 8.61. The molecule has 2 aromatic rings. The molecule has 0 aromatic heterocycles. The van der Waals surface area contributed by atoms with Crippen LogP contribution in [0.5, 0.6) is 0 Å². The monoisotopic (exact) mass is 536 g/mol. The van der Waals surface area contributed by atoms with E-state index in [2.05, 4.69) is 75.8 Å². The molecule has 2 amide bonds. The summed E-state index contributed by atoms with van der Waals surface area (Å²) in [5, 5.41) is 6.51. The van der Waals surface area contributed by atoms with E-state index in [1.165, 1.54) is 0 Å². The van der Waals surface area contributed by atoms with Gasteiger partial charge in [0.15, 0.2) is 0 Å². The fourth-order valence-corrected chi connectivity index (χ4v) is 8.73. The van der Waals surface area contributed by atoms with Gasteiger partial charge in [-0.05, 0) is 122 Å². The minimum absolute atomic E-state index is 0.0266. The van der Waals surface area contributed by atoms with E-state index in [0.717, 1.165) is 83.3 Å². The van der Waals surface area contributed by atoms with Crippen molar-refractivity contribution < 1.29 is 9.59 Å². The average Bonchev–Trinajstić information content (AvgIpc) is 3.64. The van der Waals surface area contributed by atoms with Gasteiger partial charge in [-0.3, -0.25) is 9.59 Å². The molecule has 4 aliphatic rings. The molecule has 0 saturated heterocycles. The van der Waals surface area contributed by atoms with E-state index in [0.29, 0.717) is 11.8 Å². The summed E-state index contributed by atoms with van der Waals surface area (Å²) in [6, 6.07) is 12.4. The number of benzene rings is 2. The van der Waals surface area contributed by atoms with Gasteiger partial charge >= 0.3 is 0 Å². The first-order chi connectivity index (χ1) is 18.7. The quantitative estimate of drug-likeness (QED) is 0.376. The van der Waals surface area contributed by atoms with Crippen molar-refractivity contribution in [3.63, 3.8) is 0 Å². The molecule has 4 nitrogen and oxygen atoms in total. The highest BCUT2D eigenvalue weighted by atomic mass is 16.2. The van der Waals surface area contributed by atoms with Gasteiger partial charge in [-0.1, -0.05) is 64.1 Å². The number of hydrogen-bond acceptors (Lipinski definition) is 2. The van der Waals surface area contributed by atoms with Gasteiger partial charge in [0.1, 0.15) is 0 Å². The highest BCUT2D eigenvalue weighted by Gasteiger charge is 2.62. The van der Waals surface area contributed by atoms with Gasteiger partial charge in [0.25, 0.3) is 0 Å². The molecule has 4 fully saturated rings. The predicted molar refractivity (Wildman–Crippen MR) is 164 cm³/mol. The number of carbonyl (C=O) groups excluding carboxylic acids is 2. The van der Waals surface area contributed by atoms with Crippen LogP contribution in [-0.2, 0) is 9.59 Å². The Balaban J connectivity index is 1.17. The zero-order valence-electron chi connectivity index (χ0n) is 25.1.